The molecule has 1 aromatic carbocycles. The number of aromatic nitrogens is 2. The zero-order valence-electron chi connectivity index (χ0n) is 12.7. The molecule has 3 rings (SSSR count). The van der Waals surface area contributed by atoms with E-state index >= 15 is 0 Å². The fourth-order valence-electron chi connectivity index (χ4n) is 2.42. The predicted octanol–water partition coefficient (Wildman–Crippen LogP) is 2.27. The number of non-ortho nitro benzene ring substituents is 1. The molecule has 0 aliphatic carbocycles. The summed E-state index contributed by atoms with van der Waals surface area (Å²) in [6.07, 6.45) is 0. The van der Waals surface area contributed by atoms with Gasteiger partial charge in [-0.25, -0.2) is 9.97 Å². The Morgan fingerprint density at radius 1 is 1.26 bits per heavy atom. The van der Waals surface area contributed by atoms with Gasteiger partial charge in [0.2, 0.25) is 0 Å². The fourth-order valence-corrected chi connectivity index (χ4v) is 2.42. The number of ether oxygens (including phenoxy) is 1. The second kappa shape index (κ2) is 6.57. The molecule has 8 heteroatoms. The quantitative estimate of drug-likeness (QED) is 0.683. The van der Waals surface area contributed by atoms with Crippen LogP contribution in [0.25, 0.3) is 0 Å². The van der Waals surface area contributed by atoms with Gasteiger partial charge in [-0.3, -0.25) is 10.1 Å². The SMILES string of the molecule is Cc1nc(Nc2cccc([N+](=O)[O-])c2)cc(N2CCOCC2)n1. The summed E-state index contributed by atoms with van der Waals surface area (Å²) in [6.45, 7) is 4.75. The fraction of sp³-hybridized carbons (Fsp3) is 0.333. The van der Waals surface area contributed by atoms with Gasteiger partial charge in [-0.15, -0.1) is 0 Å². The first-order chi connectivity index (χ1) is 11.1. The van der Waals surface area contributed by atoms with E-state index in [-0.39, 0.29) is 5.69 Å². The van der Waals surface area contributed by atoms with Gasteiger partial charge < -0.3 is 15.0 Å². The Labute approximate surface area is 133 Å². The Morgan fingerprint density at radius 3 is 2.78 bits per heavy atom. The highest BCUT2D eigenvalue weighted by atomic mass is 16.6. The number of morpholine rings is 1. The second-order valence-electron chi connectivity index (χ2n) is 5.19. The lowest BCUT2D eigenvalue weighted by atomic mass is 10.3. The van der Waals surface area contributed by atoms with E-state index in [2.05, 4.69) is 20.2 Å². The van der Waals surface area contributed by atoms with Gasteiger partial charge in [-0.2, -0.15) is 0 Å². The van der Waals surface area contributed by atoms with E-state index in [9.17, 15) is 10.1 Å². The Morgan fingerprint density at radius 2 is 2.04 bits per heavy atom. The van der Waals surface area contributed by atoms with Crippen LogP contribution in [0, 0.1) is 17.0 Å². The van der Waals surface area contributed by atoms with Crippen LogP contribution in [0.4, 0.5) is 23.0 Å². The monoisotopic (exact) mass is 315 g/mol. The number of aryl methyl sites for hydroxylation is 1. The molecule has 2 heterocycles. The number of nitrogens with zero attached hydrogens (tertiary/aromatic N) is 4. The van der Waals surface area contributed by atoms with Gasteiger partial charge in [0.25, 0.3) is 5.69 Å². The van der Waals surface area contributed by atoms with Crippen molar-refractivity contribution in [2.24, 2.45) is 0 Å². The molecule has 23 heavy (non-hydrogen) atoms. The molecule has 0 saturated carbocycles. The Balaban J connectivity index is 1.83. The summed E-state index contributed by atoms with van der Waals surface area (Å²) in [4.78, 5) is 21.4. The molecule has 1 aliphatic heterocycles. The third kappa shape index (κ3) is 3.72. The van der Waals surface area contributed by atoms with E-state index in [0.29, 0.717) is 30.5 Å². The van der Waals surface area contributed by atoms with Gasteiger partial charge >= 0.3 is 0 Å². The van der Waals surface area contributed by atoms with E-state index in [1.165, 1.54) is 12.1 Å². The Hall–Kier alpha value is -2.74. The second-order valence-corrected chi connectivity index (χ2v) is 5.19. The predicted molar refractivity (Wildman–Crippen MR) is 86.2 cm³/mol. The van der Waals surface area contributed by atoms with E-state index < -0.39 is 4.92 Å². The average Bonchev–Trinajstić information content (AvgIpc) is 2.55. The summed E-state index contributed by atoms with van der Waals surface area (Å²) >= 11 is 0. The molecule has 2 aromatic rings. The lowest BCUT2D eigenvalue weighted by Crippen LogP contribution is -2.36. The molecule has 0 unspecified atom stereocenters. The Bertz CT molecular complexity index is 716. The van der Waals surface area contributed by atoms with Crippen LogP contribution in [-0.4, -0.2) is 41.2 Å². The van der Waals surface area contributed by atoms with Crippen molar-refractivity contribution < 1.29 is 9.66 Å². The molecular formula is C15H17N5O3. The molecule has 1 aliphatic rings. The van der Waals surface area contributed by atoms with E-state index in [1.807, 2.05) is 13.0 Å². The minimum atomic E-state index is -0.421. The van der Waals surface area contributed by atoms with Crippen molar-refractivity contribution in [2.45, 2.75) is 6.92 Å². The molecule has 8 nitrogen and oxygen atoms in total. The van der Waals surface area contributed by atoms with Crippen LogP contribution < -0.4 is 10.2 Å². The zero-order valence-corrected chi connectivity index (χ0v) is 12.7. The minimum absolute atomic E-state index is 0.0363. The molecule has 0 radical (unpaired) electrons. The normalized spacial score (nSPS) is 14.6. The lowest BCUT2D eigenvalue weighted by Gasteiger charge is -2.28. The largest absolute Gasteiger partial charge is 0.378 e. The summed E-state index contributed by atoms with van der Waals surface area (Å²) < 4.78 is 5.35. The molecular weight excluding hydrogens is 298 g/mol. The summed E-state index contributed by atoms with van der Waals surface area (Å²) in [5, 5.41) is 14.0. The maximum Gasteiger partial charge on any atom is 0.271 e. The average molecular weight is 315 g/mol. The smallest absolute Gasteiger partial charge is 0.271 e. The van der Waals surface area contributed by atoms with Crippen molar-refractivity contribution >= 4 is 23.0 Å². The van der Waals surface area contributed by atoms with Crippen LogP contribution in [0.5, 0.6) is 0 Å². The van der Waals surface area contributed by atoms with Gasteiger partial charge in [-0.05, 0) is 13.0 Å². The van der Waals surface area contributed by atoms with Crippen molar-refractivity contribution in [1.29, 1.82) is 0 Å². The summed E-state index contributed by atoms with van der Waals surface area (Å²) in [5.41, 5.74) is 0.652. The first-order valence-electron chi connectivity index (χ1n) is 7.32. The third-order valence-electron chi connectivity index (χ3n) is 3.49. The van der Waals surface area contributed by atoms with Gasteiger partial charge in [0.1, 0.15) is 17.5 Å². The van der Waals surface area contributed by atoms with Crippen LogP contribution in [0.1, 0.15) is 5.82 Å². The van der Waals surface area contributed by atoms with Gasteiger partial charge in [0, 0.05) is 37.0 Å². The standard InChI is InChI=1S/C15H17N5O3/c1-11-16-14(10-15(17-11)19-5-7-23-8-6-19)18-12-3-2-4-13(9-12)20(21)22/h2-4,9-10H,5-8H2,1H3,(H,16,17,18). The summed E-state index contributed by atoms with van der Waals surface area (Å²) in [7, 11) is 0. The molecule has 1 aromatic heterocycles. The number of anilines is 3. The van der Waals surface area contributed by atoms with Crippen molar-refractivity contribution in [2.75, 3.05) is 36.5 Å². The van der Waals surface area contributed by atoms with Gasteiger partial charge in [0.15, 0.2) is 0 Å². The molecule has 1 N–H and O–H groups in total. The van der Waals surface area contributed by atoms with Crippen LogP contribution in [0.15, 0.2) is 30.3 Å². The van der Waals surface area contributed by atoms with E-state index in [4.69, 9.17) is 4.74 Å². The lowest BCUT2D eigenvalue weighted by molar-refractivity contribution is -0.384. The highest BCUT2D eigenvalue weighted by Crippen LogP contribution is 2.23. The number of nitrogens with one attached hydrogen (secondary N) is 1. The van der Waals surface area contributed by atoms with Gasteiger partial charge in [0.05, 0.1) is 18.1 Å². The van der Waals surface area contributed by atoms with Crippen molar-refractivity contribution in [3.05, 3.63) is 46.3 Å². The molecule has 0 spiro atoms. The van der Waals surface area contributed by atoms with E-state index in [0.717, 1.165) is 18.9 Å². The molecule has 0 amide bonds. The van der Waals surface area contributed by atoms with E-state index in [1.54, 1.807) is 12.1 Å². The number of hydrogen-bond acceptors (Lipinski definition) is 7. The van der Waals surface area contributed by atoms with Crippen LogP contribution in [0.2, 0.25) is 0 Å². The first-order valence-corrected chi connectivity index (χ1v) is 7.32. The molecule has 0 atom stereocenters. The number of benzene rings is 1. The van der Waals surface area contributed by atoms with Crippen LogP contribution >= 0.6 is 0 Å². The number of rotatable bonds is 4. The molecule has 0 bridgehead atoms. The minimum Gasteiger partial charge on any atom is -0.378 e. The highest BCUT2D eigenvalue weighted by molar-refractivity contribution is 5.62. The maximum atomic E-state index is 10.9. The molecule has 120 valence electrons. The Kier molecular flexibility index (Phi) is 4.33. The number of nitro benzene ring substituents is 1. The molecule has 1 fully saturated rings. The third-order valence-corrected chi connectivity index (χ3v) is 3.49. The summed E-state index contributed by atoms with van der Waals surface area (Å²) in [5.74, 6) is 2.08. The number of nitro groups is 1. The van der Waals surface area contributed by atoms with Crippen molar-refractivity contribution in [1.82, 2.24) is 9.97 Å². The van der Waals surface area contributed by atoms with Crippen molar-refractivity contribution in [3.63, 3.8) is 0 Å². The van der Waals surface area contributed by atoms with Crippen LogP contribution in [0.3, 0.4) is 0 Å². The first kappa shape index (κ1) is 15.2. The maximum absolute atomic E-state index is 10.9. The number of hydrogen-bond donors (Lipinski definition) is 1. The summed E-state index contributed by atoms with van der Waals surface area (Å²) in [6, 6.07) is 8.18. The van der Waals surface area contributed by atoms with Crippen molar-refractivity contribution in [3.8, 4) is 0 Å². The highest BCUT2D eigenvalue weighted by Gasteiger charge is 2.14. The van der Waals surface area contributed by atoms with Gasteiger partial charge in [-0.1, -0.05) is 6.07 Å². The molecule has 1 saturated heterocycles. The van der Waals surface area contributed by atoms with Crippen LogP contribution in [-0.2, 0) is 4.74 Å². The zero-order chi connectivity index (χ0) is 16.2. The topological polar surface area (TPSA) is 93.4 Å².